The topological polar surface area (TPSA) is 50.3 Å². The van der Waals surface area contributed by atoms with Crippen LogP contribution >= 0.6 is 0 Å². The fraction of sp³-hybridized carbons (Fsp3) is 0.360. The van der Waals surface area contributed by atoms with E-state index in [0.29, 0.717) is 6.04 Å². The molecule has 1 aliphatic rings. The average Bonchev–Trinajstić information content (AvgIpc) is 2.82. The van der Waals surface area contributed by atoms with Crippen LogP contribution in [0, 0.1) is 12.3 Å². The van der Waals surface area contributed by atoms with Gasteiger partial charge in [0, 0.05) is 42.0 Å². The maximum Gasteiger partial charge on any atom is 0.156 e. The van der Waals surface area contributed by atoms with Crippen molar-refractivity contribution < 1.29 is 4.74 Å². The number of rotatable bonds is 5. The molecule has 1 aliphatic heterocycles. The lowest BCUT2D eigenvalue weighted by Gasteiger charge is -2.32. The van der Waals surface area contributed by atoms with Crippen molar-refractivity contribution in [3.05, 3.63) is 59.8 Å². The average molecular weight is 403 g/mol. The van der Waals surface area contributed by atoms with Crippen LogP contribution in [0.5, 0.6) is 5.75 Å². The molecule has 0 aliphatic carbocycles. The number of aromatic nitrogens is 2. The van der Waals surface area contributed by atoms with Crippen LogP contribution in [0.15, 0.2) is 48.7 Å². The van der Waals surface area contributed by atoms with E-state index in [9.17, 15) is 0 Å². The van der Waals surface area contributed by atoms with Crippen molar-refractivity contribution in [2.45, 2.75) is 39.3 Å². The molecule has 0 saturated carbocycles. The Morgan fingerprint density at radius 2 is 1.87 bits per heavy atom. The smallest absolute Gasteiger partial charge is 0.156 e. The molecule has 2 aromatic carbocycles. The van der Waals surface area contributed by atoms with Gasteiger partial charge in [-0.25, -0.2) is 0 Å². The van der Waals surface area contributed by atoms with Crippen LogP contribution in [0.2, 0.25) is 0 Å². The van der Waals surface area contributed by atoms with Gasteiger partial charge in [-0.2, -0.15) is 5.10 Å². The molecule has 0 spiro atoms. The van der Waals surface area contributed by atoms with E-state index in [1.807, 2.05) is 44.2 Å². The number of hydrogen-bond acceptors (Lipinski definition) is 5. The van der Waals surface area contributed by atoms with E-state index in [-0.39, 0.29) is 0 Å². The van der Waals surface area contributed by atoms with Crippen molar-refractivity contribution in [2.24, 2.45) is 0 Å². The van der Waals surface area contributed by atoms with E-state index in [1.54, 1.807) is 13.3 Å². The van der Waals surface area contributed by atoms with Crippen molar-refractivity contribution in [3.63, 3.8) is 0 Å². The lowest BCUT2D eigenvalue weighted by atomic mass is 10.0. The zero-order chi connectivity index (χ0) is 21.3. The van der Waals surface area contributed by atoms with E-state index in [0.717, 1.165) is 60.4 Å². The lowest BCUT2D eigenvalue weighted by Crippen LogP contribution is -2.38. The SMILES string of the molecule is C#Cc1ccc(CN2CCC(Nc3nncc4ccc(OC)cc34)CC2)cc1.CC. The van der Waals surface area contributed by atoms with Gasteiger partial charge in [-0.15, -0.1) is 11.5 Å². The van der Waals surface area contributed by atoms with Gasteiger partial charge in [-0.05, 0) is 48.7 Å². The maximum atomic E-state index is 5.43. The Morgan fingerprint density at radius 3 is 2.53 bits per heavy atom. The van der Waals surface area contributed by atoms with Gasteiger partial charge < -0.3 is 10.1 Å². The number of fused-ring (bicyclic) bond motifs is 1. The Hall–Kier alpha value is -3.10. The van der Waals surface area contributed by atoms with E-state index in [1.165, 1.54) is 5.56 Å². The molecular weight excluding hydrogens is 372 g/mol. The molecule has 1 aromatic heterocycles. The quantitative estimate of drug-likeness (QED) is 0.626. The number of nitrogens with one attached hydrogen (secondary N) is 1. The predicted molar refractivity (Wildman–Crippen MR) is 124 cm³/mol. The molecule has 1 N–H and O–H groups in total. The second kappa shape index (κ2) is 10.6. The number of piperidine rings is 1. The Morgan fingerprint density at radius 1 is 1.13 bits per heavy atom. The summed E-state index contributed by atoms with van der Waals surface area (Å²) in [6.07, 6.45) is 9.36. The molecule has 1 fully saturated rings. The molecule has 1 saturated heterocycles. The molecule has 5 nitrogen and oxygen atoms in total. The van der Waals surface area contributed by atoms with Crippen LogP contribution in [-0.4, -0.2) is 41.3 Å². The highest BCUT2D eigenvalue weighted by Gasteiger charge is 2.20. The second-order valence-electron chi connectivity index (χ2n) is 7.18. The molecule has 0 amide bonds. The van der Waals surface area contributed by atoms with E-state index >= 15 is 0 Å². The minimum atomic E-state index is 0.395. The Kier molecular flexibility index (Phi) is 7.64. The summed E-state index contributed by atoms with van der Waals surface area (Å²) in [5.41, 5.74) is 2.23. The summed E-state index contributed by atoms with van der Waals surface area (Å²) >= 11 is 0. The summed E-state index contributed by atoms with van der Waals surface area (Å²) < 4.78 is 5.36. The van der Waals surface area contributed by atoms with Gasteiger partial charge in [-0.1, -0.05) is 31.9 Å². The molecule has 0 radical (unpaired) electrons. The third-order valence-electron chi connectivity index (χ3n) is 5.33. The van der Waals surface area contributed by atoms with E-state index in [4.69, 9.17) is 11.2 Å². The minimum Gasteiger partial charge on any atom is -0.497 e. The fourth-order valence-electron chi connectivity index (χ4n) is 3.68. The molecule has 4 rings (SSSR count). The summed E-state index contributed by atoms with van der Waals surface area (Å²) in [5, 5.41) is 14.2. The molecule has 0 atom stereocenters. The number of terminal acetylenes is 1. The van der Waals surface area contributed by atoms with Crippen LogP contribution < -0.4 is 10.1 Å². The highest BCUT2D eigenvalue weighted by molar-refractivity contribution is 5.92. The summed E-state index contributed by atoms with van der Waals surface area (Å²) in [4.78, 5) is 2.49. The Bertz CT molecular complexity index is 986. The summed E-state index contributed by atoms with van der Waals surface area (Å²) in [6.45, 7) is 7.06. The predicted octanol–water partition coefficient (Wildman–Crippen LogP) is 4.72. The van der Waals surface area contributed by atoms with Gasteiger partial charge in [0.15, 0.2) is 5.82 Å². The van der Waals surface area contributed by atoms with Crippen LogP contribution in [0.25, 0.3) is 10.8 Å². The number of nitrogens with zero attached hydrogens (tertiary/aromatic N) is 3. The van der Waals surface area contributed by atoms with Crippen LogP contribution in [0.1, 0.15) is 37.8 Å². The monoisotopic (exact) mass is 402 g/mol. The number of ether oxygens (including phenoxy) is 1. The van der Waals surface area contributed by atoms with Crippen molar-refractivity contribution in [1.29, 1.82) is 0 Å². The second-order valence-corrected chi connectivity index (χ2v) is 7.18. The highest BCUT2D eigenvalue weighted by atomic mass is 16.5. The molecule has 0 bridgehead atoms. The molecule has 30 heavy (non-hydrogen) atoms. The van der Waals surface area contributed by atoms with Crippen molar-refractivity contribution in [1.82, 2.24) is 15.1 Å². The van der Waals surface area contributed by atoms with E-state index < -0.39 is 0 Å². The molecule has 2 heterocycles. The van der Waals surface area contributed by atoms with Gasteiger partial charge in [0.05, 0.1) is 13.3 Å². The lowest BCUT2D eigenvalue weighted by molar-refractivity contribution is 0.211. The third-order valence-corrected chi connectivity index (χ3v) is 5.33. The van der Waals surface area contributed by atoms with Gasteiger partial charge in [-0.3, -0.25) is 4.90 Å². The maximum absolute atomic E-state index is 5.43. The molecular formula is C25H30N4O. The summed E-state index contributed by atoms with van der Waals surface area (Å²) in [7, 11) is 1.68. The molecule has 3 aromatic rings. The van der Waals surface area contributed by atoms with Crippen molar-refractivity contribution in [3.8, 4) is 18.1 Å². The first-order chi connectivity index (χ1) is 14.7. The van der Waals surface area contributed by atoms with Gasteiger partial charge in [0.25, 0.3) is 0 Å². The van der Waals surface area contributed by atoms with E-state index in [2.05, 4.69) is 38.5 Å². The molecule has 0 unspecified atom stereocenters. The zero-order valence-electron chi connectivity index (χ0n) is 18.1. The zero-order valence-corrected chi connectivity index (χ0v) is 18.1. The number of methoxy groups -OCH3 is 1. The van der Waals surface area contributed by atoms with Gasteiger partial charge in [0.2, 0.25) is 0 Å². The molecule has 156 valence electrons. The van der Waals surface area contributed by atoms with Crippen molar-refractivity contribution >= 4 is 16.6 Å². The normalized spacial score (nSPS) is 14.5. The third kappa shape index (κ3) is 5.28. The summed E-state index contributed by atoms with van der Waals surface area (Å²) in [5.74, 6) is 4.33. The number of anilines is 1. The van der Waals surface area contributed by atoms with Crippen LogP contribution in [0.4, 0.5) is 5.82 Å². The minimum absolute atomic E-state index is 0.395. The molecule has 5 heteroatoms. The van der Waals surface area contributed by atoms with Gasteiger partial charge >= 0.3 is 0 Å². The Labute approximate surface area is 179 Å². The number of hydrogen-bond donors (Lipinski definition) is 1. The van der Waals surface area contributed by atoms with Crippen LogP contribution in [-0.2, 0) is 6.54 Å². The first-order valence-electron chi connectivity index (χ1n) is 10.6. The number of likely N-dealkylation sites (tertiary alicyclic amines) is 1. The van der Waals surface area contributed by atoms with Crippen LogP contribution in [0.3, 0.4) is 0 Å². The summed E-state index contributed by atoms with van der Waals surface area (Å²) in [6, 6.07) is 14.6. The first-order valence-corrected chi connectivity index (χ1v) is 10.6. The largest absolute Gasteiger partial charge is 0.497 e. The Balaban J connectivity index is 0.00000124. The first kappa shape index (κ1) is 21.6. The highest BCUT2D eigenvalue weighted by Crippen LogP contribution is 2.26. The van der Waals surface area contributed by atoms with Gasteiger partial charge in [0.1, 0.15) is 5.75 Å². The standard InChI is InChI=1S/C23H24N4O.C2H6/c1-3-17-4-6-18(7-5-17)16-27-12-10-20(11-13-27)25-23-22-14-21(28-2)9-8-19(22)15-24-26-23;1-2/h1,4-9,14-15,20H,10-13,16H2,2H3,(H,25,26);1-2H3. The van der Waals surface area contributed by atoms with Crippen molar-refractivity contribution in [2.75, 3.05) is 25.5 Å². The number of benzene rings is 2. The fourth-order valence-corrected chi connectivity index (χ4v) is 3.68.